The van der Waals surface area contributed by atoms with Gasteiger partial charge in [-0.05, 0) is 6.07 Å². The smallest absolute Gasteiger partial charge is 0.236 e. The summed E-state index contributed by atoms with van der Waals surface area (Å²) in [5, 5.41) is 3.19. The molecular formula is C14H21N3O3. The molecule has 0 aliphatic carbocycles. The highest BCUT2D eigenvalue weighted by molar-refractivity contribution is 5.80. The lowest BCUT2D eigenvalue weighted by Crippen LogP contribution is -2.56. The van der Waals surface area contributed by atoms with Crippen LogP contribution in [0, 0.1) is 0 Å². The van der Waals surface area contributed by atoms with Crippen LogP contribution < -0.4 is 20.5 Å². The number of carbonyl (C=O) groups is 1. The third-order valence-electron chi connectivity index (χ3n) is 3.55. The first-order valence-electron chi connectivity index (χ1n) is 6.60. The van der Waals surface area contributed by atoms with Gasteiger partial charge in [-0.25, -0.2) is 0 Å². The molecule has 1 aromatic rings. The van der Waals surface area contributed by atoms with E-state index in [4.69, 9.17) is 15.2 Å². The van der Waals surface area contributed by atoms with Gasteiger partial charge in [-0.15, -0.1) is 0 Å². The molecule has 1 unspecified atom stereocenters. The number of ether oxygens (including phenoxy) is 2. The van der Waals surface area contributed by atoms with E-state index in [1.165, 1.54) is 0 Å². The topological polar surface area (TPSA) is 76.8 Å². The molecule has 1 aliphatic rings. The number of methoxy groups -OCH3 is 2. The first-order chi connectivity index (χ1) is 9.65. The van der Waals surface area contributed by atoms with Gasteiger partial charge in [-0.2, -0.15) is 0 Å². The number of piperazine rings is 1. The second kappa shape index (κ2) is 6.58. The highest BCUT2D eigenvalue weighted by Crippen LogP contribution is 2.26. The average molecular weight is 279 g/mol. The summed E-state index contributed by atoms with van der Waals surface area (Å²) in [6, 6.07) is 5.41. The third kappa shape index (κ3) is 3.20. The van der Waals surface area contributed by atoms with Crippen LogP contribution in [0.1, 0.15) is 5.56 Å². The predicted molar refractivity (Wildman–Crippen MR) is 75.8 cm³/mol. The fourth-order valence-electron chi connectivity index (χ4n) is 2.42. The number of rotatable bonds is 5. The molecule has 0 bridgehead atoms. The van der Waals surface area contributed by atoms with E-state index in [1.807, 2.05) is 18.2 Å². The molecule has 2 rings (SSSR count). The number of hydrogen-bond donors (Lipinski definition) is 2. The zero-order valence-corrected chi connectivity index (χ0v) is 11.9. The van der Waals surface area contributed by atoms with Crippen molar-refractivity contribution in [2.24, 2.45) is 5.73 Å². The van der Waals surface area contributed by atoms with E-state index in [9.17, 15) is 4.79 Å². The summed E-state index contributed by atoms with van der Waals surface area (Å²) in [5.74, 6) is 1.20. The highest BCUT2D eigenvalue weighted by Gasteiger charge is 2.27. The summed E-state index contributed by atoms with van der Waals surface area (Å²) >= 11 is 0. The van der Waals surface area contributed by atoms with E-state index in [1.54, 1.807) is 14.2 Å². The van der Waals surface area contributed by atoms with Crippen LogP contribution in [0.4, 0.5) is 0 Å². The second-order valence-electron chi connectivity index (χ2n) is 4.77. The van der Waals surface area contributed by atoms with E-state index in [-0.39, 0.29) is 11.9 Å². The normalized spacial score (nSPS) is 19.6. The molecule has 6 heteroatoms. The van der Waals surface area contributed by atoms with Gasteiger partial charge in [0.25, 0.3) is 0 Å². The van der Waals surface area contributed by atoms with Crippen LogP contribution in [0.5, 0.6) is 11.5 Å². The monoisotopic (exact) mass is 279 g/mol. The van der Waals surface area contributed by atoms with E-state index in [0.29, 0.717) is 13.1 Å². The lowest BCUT2D eigenvalue weighted by atomic mass is 10.1. The molecule has 3 N–H and O–H groups in total. The fourth-order valence-corrected chi connectivity index (χ4v) is 2.42. The molecule has 0 saturated carbocycles. The number of nitrogens with zero attached hydrogens (tertiary/aromatic N) is 1. The molecule has 1 aliphatic heterocycles. The van der Waals surface area contributed by atoms with Gasteiger partial charge in [-0.3, -0.25) is 9.69 Å². The Bertz CT molecular complexity index is 479. The van der Waals surface area contributed by atoms with Crippen molar-refractivity contribution < 1.29 is 14.3 Å². The Balaban J connectivity index is 2.17. The van der Waals surface area contributed by atoms with Crippen LogP contribution in [-0.4, -0.2) is 50.7 Å². The lowest BCUT2D eigenvalue weighted by molar-refractivity contribution is -0.124. The minimum atomic E-state index is -0.301. The molecule has 1 saturated heterocycles. The maximum Gasteiger partial charge on any atom is 0.236 e. The average Bonchev–Trinajstić information content (AvgIpc) is 2.48. The number of benzene rings is 1. The Morgan fingerprint density at radius 3 is 2.90 bits per heavy atom. The number of amides is 1. The Labute approximate surface area is 118 Å². The Hall–Kier alpha value is -1.79. The van der Waals surface area contributed by atoms with Crippen LogP contribution in [-0.2, 0) is 11.3 Å². The largest absolute Gasteiger partial charge is 0.497 e. The molecule has 1 heterocycles. The van der Waals surface area contributed by atoms with Crippen molar-refractivity contribution in [3.8, 4) is 11.5 Å². The number of primary amides is 1. The molecule has 1 aromatic carbocycles. The molecule has 1 amide bonds. The van der Waals surface area contributed by atoms with E-state index >= 15 is 0 Å². The van der Waals surface area contributed by atoms with Gasteiger partial charge < -0.3 is 20.5 Å². The molecule has 110 valence electrons. The van der Waals surface area contributed by atoms with Crippen molar-refractivity contribution in [3.05, 3.63) is 23.8 Å². The Kier molecular flexibility index (Phi) is 4.81. The number of carbonyl (C=O) groups excluding carboxylic acids is 1. The van der Waals surface area contributed by atoms with Gasteiger partial charge in [0.05, 0.1) is 14.2 Å². The first kappa shape index (κ1) is 14.6. The summed E-state index contributed by atoms with van der Waals surface area (Å²) in [4.78, 5) is 13.6. The summed E-state index contributed by atoms with van der Waals surface area (Å²) in [6.07, 6.45) is 0. The van der Waals surface area contributed by atoms with E-state index < -0.39 is 0 Å². The standard InChI is InChI=1S/C14H21N3O3/c1-19-11-4-3-10(13(7-11)20-2)9-17-6-5-16-8-12(17)14(15)18/h3-4,7,12,16H,5-6,8-9H2,1-2H3,(H2,15,18). The fraction of sp³-hybridized carbons (Fsp3) is 0.500. The van der Waals surface area contributed by atoms with Crippen molar-refractivity contribution >= 4 is 5.91 Å². The van der Waals surface area contributed by atoms with Crippen molar-refractivity contribution in [2.75, 3.05) is 33.9 Å². The maximum atomic E-state index is 11.5. The van der Waals surface area contributed by atoms with Crippen LogP contribution in [0.2, 0.25) is 0 Å². The first-order valence-corrected chi connectivity index (χ1v) is 6.60. The van der Waals surface area contributed by atoms with Crippen LogP contribution >= 0.6 is 0 Å². The molecule has 1 atom stereocenters. The molecule has 1 fully saturated rings. The summed E-state index contributed by atoms with van der Waals surface area (Å²) in [5.41, 5.74) is 6.47. The van der Waals surface area contributed by atoms with Gasteiger partial charge in [0.2, 0.25) is 5.91 Å². The van der Waals surface area contributed by atoms with Crippen molar-refractivity contribution in [1.29, 1.82) is 0 Å². The summed E-state index contributed by atoms with van der Waals surface area (Å²) in [7, 11) is 3.25. The lowest BCUT2D eigenvalue weighted by Gasteiger charge is -2.34. The van der Waals surface area contributed by atoms with Crippen molar-refractivity contribution in [3.63, 3.8) is 0 Å². The molecule has 20 heavy (non-hydrogen) atoms. The van der Waals surface area contributed by atoms with E-state index in [2.05, 4.69) is 10.2 Å². The summed E-state index contributed by atoms with van der Waals surface area (Å²) in [6.45, 7) is 2.85. The van der Waals surface area contributed by atoms with E-state index in [0.717, 1.165) is 30.2 Å². The van der Waals surface area contributed by atoms with Crippen LogP contribution in [0.3, 0.4) is 0 Å². The molecular weight excluding hydrogens is 258 g/mol. The van der Waals surface area contributed by atoms with Crippen molar-refractivity contribution in [1.82, 2.24) is 10.2 Å². The Morgan fingerprint density at radius 1 is 1.45 bits per heavy atom. The van der Waals surface area contributed by atoms with Gasteiger partial charge in [-0.1, -0.05) is 6.07 Å². The van der Waals surface area contributed by atoms with Gasteiger partial charge in [0, 0.05) is 37.8 Å². The number of hydrogen-bond acceptors (Lipinski definition) is 5. The molecule has 0 spiro atoms. The predicted octanol–water partition coefficient (Wildman–Crippen LogP) is -0.0371. The van der Waals surface area contributed by atoms with Crippen molar-refractivity contribution in [2.45, 2.75) is 12.6 Å². The zero-order chi connectivity index (χ0) is 14.5. The van der Waals surface area contributed by atoms with Gasteiger partial charge >= 0.3 is 0 Å². The third-order valence-corrected chi connectivity index (χ3v) is 3.55. The van der Waals surface area contributed by atoms with Gasteiger partial charge in [0.1, 0.15) is 17.5 Å². The maximum absolute atomic E-state index is 11.5. The molecule has 0 aromatic heterocycles. The quantitative estimate of drug-likeness (QED) is 0.791. The highest BCUT2D eigenvalue weighted by atomic mass is 16.5. The number of nitrogens with two attached hydrogens (primary N) is 1. The minimum Gasteiger partial charge on any atom is -0.497 e. The molecule has 6 nitrogen and oxygen atoms in total. The Morgan fingerprint density at radius 2 is 2.25 bits per heavy atom. The number of nitrogens with one attached hydrogen (secondary N) is 1. The van der Waals surface area contributed by atoms with Gasteiger partial charge in [0.15, 0.2) is 0 Å². The van der Waals surface area contributed by atoms with Crippen LogP contribution in [0.25, 0.3) is 0 Å². The SMILES string of the molecule is COc1ccc(CN2CCNCC2C(N)=O)c(OC)c1. The minimum absolute atomic E-state index is 0.282. The second-order valence-corrected chi connectivity index (χ2v) is 4.77. The van der Waals surface area contributed by atoms with Crippen LogP contribution in [0.15, 0.2) is 18.2 Å². The summed E-state index contributed by atoms with van der Waals surface area (Å²) < 4.78 is 10.6. The zero-order valence-electron chi connectivity index (χ0n) is 11.9. The molecule has 0 radical (unpaired) electrons.